The van der Waals surface area contributed by atoms with Gasteiger partial charge in [0.2, 0.25) is 11.9 Å². The zero-order valence-electron chi connectivity index (χ0n) is 19.2. The van der Waals surface area contributed by atoms with Crippen molar-refractivity contribution in [2.75, 3.05) is 22.6 Å². The molecule has 11 heteroatoms. The van der Waals surface area contributed by atoms with E-state index >= 15 is 0 Å². The summed E-state index contributed by atoms with van der Waals surface area (Å²) in [5, 5.41) is 14.7. The van der Waals surface area contributed by atoms with Crippen molar-refractivity contribution < 1.29 is 9.32 Å². The number of hydrogen-bond acceptors (Lipinski definition) is 8. The Morgan fingerprint density at radius 2 is 1.97 bits per heavy atom. The summed E-state index contributed by atoms with van der Waals surface area (Å²) in [4.78, 5) is 23.6. The van der Waals surface area contributed by atoms with Crippen molar-refractivity contribution in [1.29, 1.82) is 0 Å². The summed E-state index contributed by atoms with van der Waals surface area (Å²) in [5.41, 5.74) is 4.32. The van der Waals surface area contributed by atoms with Crippen LogP contribution in [0.15, 0.2) is 16.9 Å². The summed E-state index contributed by atoms with van der Waals surface area (Å²) in [5.74, 6) is 2.18. The average Bonchev–Trinajstić information content (AvgIpc) is 3.29. The van der Waals surface area contributed by atoms with Crippen LogP contribution < -0.4 is 15.5 Å². The van der Waals surface area contributed by atoms with Crippen LogP contribution in [0, 0.1) is 26.7 Å². The molecular formula is C21H30N8O2S. The molecule has 1 aliphatic heterocycles. The van der Waals surface area contributed by atoms with E-state index in [1.165, 1.54) is 0 Å². The number of hydrogen-bond donors (Lipinski definition) is 2. The molecule has 0 aromatic carbocycles. The molecule has 0 aliphatic carbocycles. The normalized spacial score (nSPS) is 15.4. The average molecular weight is 459 g/mol. The second kappa shape index (κ2) is 9.19. The molecule has 0 radical (unpaired) electrons. The fourth-order valence-corrected chi connectivity index (χ4v) is 3.95. The van der Waals surface area contributed by atoms with E-state index in [1.807, 2.05) is 63.6 Å². The predicted octanol–water partition coefficient (Wildman–Crippen LogP) is 2.77. The molecule has 1 amide bonds. The highest BCUT2D eigenvalue weighted by Crippen LogP contribution is 2.34. The van der Waals surface area contributed by atoms with Crippen LogP contribution in [0.25, 0.3) is 0 Å². The Labute approximate surface area is 194 Å². The third-order valence-corrected chi connectivity index (χ3v) is 5.61. The fourth-order valence-electron chi connectivity index (χ4n) is 3.95. The molecule has 0 saturated carbocycles. The first-order valence-electron chi connectivity index (χ1n) is 10.3. The number of aryl methyl sites for hydroxylation is 3. The van der Waals surface area contributed by atoms with E-state index in [1.54, 1.807) is 0 Å². The van der Waals surface area contributed by atoms with Gasteiger partial charge in [-0.2, -0.15) is 23.6 Å². The number of amides is 1. The monoisotopic (exact) mass is 458 g/mol. The van der Waals surface area contributed by atoms with Crippen molar-refractivity contribution in [3.05, 3.63) is 40.7 Å². The molecule has 0 spiro atoms. The highest BCUT2D eigenvalue weighted by molar-refractivity contribution is 7.59. The first-order chi connectivity index (χ1) is 14.7. The Morgan fingerprint density at radius 1 is 1.22 bits per heavy atom. The fraction of sp³-hybridized carbons (Fsp3) is 0.476. The highest BCUT2D eigenvalue weighted by Gasteiger charge is 2.35. The SMILES string of the molecule is Cc1noc(C)c1Cn1cc(CNc2nc(C)c3c(n2)N(C)[C@@H](C(C)C)C(=O)N3)cn1.S. The van der Waals surface area contributed by atoms with Gasteiger partial charge in [0.15, 0.2) is 5.82 Å². The van der Waals surface area contributed by atoms with Gasteiger partial charge in [0.05, 0.1) is 24.1 Å². The standard InChI is InChI=1S/C21H28N8O2.H2S/c1-11(2)18-20(30)25-17-13(4)24-21(26-19(17)28(18)6)22-7-15-8-23-29(9-15)10-16-12(3)27-31-14(16)5;/h8-9,11,18H,7,10H2,1-6H3,(H,25,30)(H,22,24,26);1H2/t18-;/m0./s1. The Kier molecular flexibility index (Phi) is 6.77. The van der Waals surface area contributed by atoms with Crippen LogP contribution in [0.5, 0.6) is 0 Å². The van der Waals surface area contributed by atoms with E-state index < -0.39 is 0 Å². The third-order valence-electron chi connectivity index (χ3n) is 5.61. The minimum atomic E-state index is -0.266. The van der Waals surface area contributed by atoms with E-state index in [-0.39, 0.29) is 31.4 Å². The molecule has 32 heavy (non-hydrogen) atoms. The maximum absolute atomic E-state index is 12.5. The largest absolute Gasteiger partial charge is 0.361 e. The lowest BCUT2D eigenvalue weighted by atomic mass is 9.99. The smallest absolute Gasteiger partial charge is 0.247 e. The second-order valence-electron chi connectivity index (χ2n) is 8.32. The number of carbonyl (C=O) groups excluding carboxylic acids is 1. The van der Waals surface area contributed by atoms with Gasteiger partial charge in [0.25, 0.3) is 0 Å². The second-order valence-corrected chi connectivity index (χ2v) is 8.32. The molecule has 3 aromatic heterocycles. The molecular weight excluding hydrogens is 428 g/mol. The zero-order chi connectivity index (χ0) is 22.3. The van der Waals surface area contributed by atoms with Gasteiger partial charge in [-0.05, 0) is 26.7 Å². The number of nitrogens with one attached hydrogen (secondary N) is 2. The van der Waals surface area contributed by atoms with Gasteiger partial charge < -0.3 is 20.1 Å². The van der Waals surface area contributed by atoms with Crippen LogP contribution in [-0.2, 0) is 17.9 Å². The van der Waals surface area contributed by atoms with Crippen LogP contribution in [-0.4, -0.2) is 43.9 Å². The van der Waals surface area contributed by atoms with Gasteiger partial charge >= 0.3 is 0 Å². The molecule has 1 atom stereocenters. The summed E-state index contributed by atoms with van der Waals surface area (Å²) in [7, 11) is 1.90. The highest BCUT2D eigenvalue weighted by atomic mass is 32.1. The summed E-state index contributed by atoms with van der Waals surface area (Å²) in [6.07, 6.45) is 3.79. The molecule has 172 valence electrons. The number of rotatable bonds is 6. The number of carbonyl (C=O) groups is 1. The van der Waals surface area contributed by atoms with E-state index in [4.69, 9.17) is 4.52 Å². The minimum Gasteiger partial charge on any atom is -0.361 e. The number of likely N-dealkylation sites (N-methyl/N-ethyl adjacent to an activating group) is 1. The zero-order valence-corrected chi connectivity index (χ0v) is 20.2. The molecule has 4 heterocycles. The van der Waals surface area contributed by atoms with Crippen LogP contribution in [0.4, 0.5) is 17.5 Å². The van der Waals surface area contributed by atoms with Crippen LogP contribution in [0.2, 0.25) is 0 Å². The summed E-state index contributed by atoms with van der Waals surface area (Å²) in [6.45, 7) is 10.9. The number of fused-ring (bicyclic) bond motifs is 1. The number of anilines is 3. The molecule has 1 aliphatic rings. The van der Waals surface area contributed by atoms with Gasteiger partial charge in [-0.3, -0.25) is 9.48 Å². The van der Waals surface area contributed by atoms with E-state index in [0.717, 1.165) is 34.1 Å². The van der Waals surface area contributed by atoms with Crippen molar-refractivity contribution >= 4 is 36.9 Å². The number of nitrogens with zero attached hydrogens (tertiary/aromatic N) is 6. The maximum Gasteiger partial charge on any atom is 0.247 e. The molecule has 0 unspecified atom stereocenters. The van der Waals surface area contributed by atoms with Gasteiger partial charge in [-0.25, -0.2) is 4.98 Å². The van der Waals surface area contributed by atoms with Crippen LogP contribution in [0.3, 0.4) is 0 Å². The molecule has 3 aromatic rings. The maximum atomic E-state index is 12.5. The van der Waals surface area contributed by atoms with Crippen molar-refractivity contribution in [3.8, 4) is 0 Å². The van der Waals surface area contributed by atoms with E-state index in [9.17, 15) is 4.79 Å². The molecule has 0 saturated heterocycles. The van der Waals surface area contributed by atoms with Crippen molar-refractivity contribution in [1.82, 2.24) is 24.9 Å². The summed E-state index contributed by atoms with van der Waals surface area (Å²) >= 11 is 0. The summed E-state index contributed by atoms with van der Waals surface area (Å²) < 4.78 is 7.08. The number of aromatic nitrogens is 5. The Balaban J connectivity index is 0.00000289. The molecule has 4 rings (SSSR count). The molecule has 0 bridgehead atoms. The van der Waals surface area contributed by atoms with Gasteiger partial charge in [-0.15, -0.1) is 0 Å². The van der Waals surface area contributed by atoms with Gasteiger partial charge in [-0.1, -0.05) is 19.0 Å². The molecule has 0 fully saturated rings. The molecule has 2 N–H and O–H groups in total. The molecule has 10 nitrogen and oxygen atoms in total. The van der Waals surface area contributed by atoms with E-state index in [2.05, 4.69) is 30.9 Å². The topological polar surface area (TPSA) is 114 Å². The van der Waals surface area contributed by atoms with Crippen LogP contribution >= 0.6 is 13.5 Å². The Morgan fingerprint density at radius 3 is 2.62 bits per heavy atom. The third kappa shape index (κ3) is 4.43. The first kappa shape index (κ1) is 23.6. The predicted molar refractivity (Wildman–Crippen MR) is 127 cm³/mol. The summed E-state index contributed by atoms with van der Waals surface area (Å²) in [6, 6.07) is -0.266. The van der Waals surface area contributed by atoms with Crippen molar-refractivity contribution in [2.24, 2.45) is 5.92 Å². The van der Waals surface area contributed by atoms with Crippen LogP contribution in [0.1, 0.15) is 42.1 Å². The first-order valence-corrected chi connectivity index (χ1v) is 10.3. The van der Waals surface area contributed by atoms with E-state index in [0.29, 0.717) is 24.7 Å². The quantitative estimate of drug-likeness (QED) is 0.580. The van der Waals surface area contributed by atoms with Gasteiger partial charge in [0, 0.05) is 30.9 Å². The lowest BCUT2D eigenvalue weighted by Gasteiger charge is -2.36. The lowest BCUT2D eigenvalue weighted by molar-refractivity contribution is -0.118. The Bertz CT molecular complexity index is 1100. The van der Waals surface area contributed by atoms with Crippen molar-refractivity contribution in [2.45, 2.75) is 53.8 Å². The van der Waals surface area contributed by atoms with Crippen molar-refractivity contribution in [3.63, 3.8) is 0 Å². The van der Waals surface area contributed by atoms with Gasteiger partial charge in [0.1, 0.15) is 17.5 Å². The lowest BCUT2D eigenvalue weighted by Crippen LogP contribution is -2.49. The Hall–Kier alpha value is -3.08. The minimum absolute atomic E-state index is 0.